The van der Waals surface area contributed by atoms with Crippen LogP contribution in [0, 0.1) is 46.5 Å². The van der Waals surface area contributed by atoms with Gasteiger partial charge in [-0.1, -0.05) is 0 Å². The molecule has 3 aromatic carbocycles. The van der Waals surface area contributed by atoms with Gasteiger partial charge in [0.05, 0.1) is 18.8 Å². The first kappa shape index (κ1) is 24.8. The minimum atomic E-state index is -5.76. The van der Waals surface area contributed by atoms with E-state index in [2.05, 4.69) is 0 Å². The second-order valence-electron chi connectivity index (χ2n) is 7.28. The largest absolute Gasteiger partial charge is 0.422 e. The van der Waals surface area contributed by atoms with E-state index in [1.165, 1.54) is 0 Å². The number of hydrogen-bond donors (Lipinski definition) is 0. The lowest BCUT2D eigenvalue weighted by Crippen LogP contribution is -2.13. The van der Waals surface area contributed by atoms with Crippen molar-refractivity contribution in [2.24, 2.45) is 0 Å². The Labute approximate surface area is 194 Å². The lowest BCUT2D eigenvalue weighted by Gasteiger charge is -2.11. The smallest absolute Gasteiger partial charge is 0.205 e. The number of fused-ring (bicyclic) bond motifs is 6. The number of thiophene rings is 2. The standard InChI is InChI=1S/C20F14S2/c21-7-1-3-9(23)16-4(2-8(22)12(26)6(20(32,33)34)14(28)18(2)36-16)10(24)15(3)35-17(1)13(27)5(11(7)25)19(29,30)31. The molecule has 0 amide bonds. The number of benzene rings is 3. The summed E-state index contributed by atoms with van der Waals surface area (Å²) in [6.45, 7) is 0. The average molecular weight is 570 g/mol. The Morgan fingerprint density at radius 3 is 0.861 bits per heavy atom. The summed E-state index contributed by atoms with van der Waals surface area (Å²) >= 11 is -0.703. The van der Waals surface area contributed by atoms with Crippen molar-refractivity contribution in [3.63, 3.8) is 0 Å². The molecule has 2 aromatic heterocycles. The van der Waals surface area contributed by atoms with Gasteiger partial charge >= 0.3 is 12.4 Å². The maximum Gasteiger partial charge on any atom is 0.422 e. The predicted molar refractivity (Wildman–Crippen MR) is 102 cm³/mol. The minimum absolute atomic E-state index is 0.351. The zero-order valence-electron chi connectivity index (χ0n) is 16.1. The van der Waals surface area contributed by atoms with Gasteiger partial charge in [-0.05, 0) is 0 Å². The normalized spacial score (nSPS) is 13.3. The molecule has 0 fully saturated rings. The van der Waals surface area contributed by atoms with E-state index in [9.17, 15) is 52.7 Å². The molecule has 0 unspecified atom stereocenters. The first-order valence-electron chi connectivity index (χ1n) is 8.96. The maximum absolute atomic E-state index is 15.4. The maximum atomic E-state index is 15.4. The van der Waals surface area contributed by atoms with Gasteiger partial charge in [-0.2, -0.15) is 26.3 Å². The van der Waals surface area contributed by atoms with E-state index in [0.717, 1.165) is 0 Å². The monoisotopic (exact) mass is 570 g/mol. The third-order valence-corrected chi connectivity index (χ3v) is 7.67. The first-order valence-corrected chi connectivity index (χ1v) is 10.6. The molecule has 0 saturated carbocycles. The van der Waals surface area contributed by atoms with Crippen molar-refractivity contribution in [2.75, 3.05) is 0 Å². The predicted octanol–water partition coefficient (Wildman–Crippen LogP) is 9.57. The number of rotatable bonds is 0. The molecule has 0 bridgehead atoms. The molecule has 16 heteroatoms. The summed E-state index contributed by atoms with van der Waals surface area (Å²) in [5.41, 5.74) is -5.39. The van der Waals surface area contributed by atoms with Gasteiger partial charge in [-0.15, -0.1) is 22.7 Å². The summed E-state index contributed by atoms with van der Waals surface area (Å²) in [5.74, 6) is -19.0. The molecule has 0 N–H and O–H groups in total. The van der Waals surface area contributed by atoms with Crippen LogP contribution < -0.4 is 0 Å². The van der Waals surface area contributed by atoms with E-state index < -0.39 is 110 Å². The first-order chi connectivity index (χ1) is 16.5. The van der Waals surface area contributed by atoms with Gasteiger partial charge in [-0.25, -0.2) is 35.1 Å². The Morgan fingerprint density at radius 1 is 0.333 bits per heavy atom. The van der Waals surface area contributed by atoms with Crippen molar-refractivity contribution < 1.29 is 61.5 Å². The van der Waals surface area contributed by atoms with Gasteiger partial charge in [0, 0.05) is 21.5 Å². The Morgan fingerprint density at radius 2 is 0.583 bits per heavy atom. The molecule has 2 heterocycles. The Bertz CT molecular complexity index is 1650. The SMILES string of the molecule is Fc1c(C(F)(F)F)c(F)c2sc3c(F)c4c(sc5c(F)c(C(F)(F)F)c(F)c(F)c54)c(F)c3c2c1F. The van der Waals surface area contributed by atoms with Crippen LogP contribution in [0.3, 0.4) is 0 Å². The van der Waals surface area contributed by atoms with E-state index in [1.807, 2.05) is 0 Å². The zero-order chi connectivity index (χ0) is 26.8. The molecule has 5 rings (SSSR count). The third-order valence-electron chi connectivity index (χ3n) is 5.32. The Balaban J connectivity index is 2.05. The highest BCUT2D eigenvalue weighted by Crippen LogP contribution is 2.51. The van der Waals surface area contributed by atoms with Crippen molar-refractivity contribution >= 4 is 63.0 Å². The van der Waals surface area contributed by atoms with E-state index in [1.54, 1.807) is 0 Å². The summed E-state index contributed by atoms with van der Waals surface area (Å²) in [6.07, 6.45) is -11.5. The van der Waals surface area contributed by atoms with Crippen LogP contribution in [0.25, 0.3) is 40.3 Å². The zero-order valence-corrected chi connectivity index (χ0v) is 17.7. The van der Waals surface area contributed by atoms with Crippen LogP contribution in [-0.2, 0) is 12.4 Å². The number of hydrogen-bond acceptors (Lipinski definition) is 2. The molecule has 0 aliphatic heterocycles. The molecule has 0 aliphatic rings. The van der Waals surface area contributed by atoms with Gasteiger partial charge in [0.1, 0.15) is 11.1 Å². The fraction of sp³-hybridized carbons (Fsp3) is 0.100. The second-order valence-corrected chi connectivity index (χ2v) is 9.32. The van der Waals surface area contributed by atoms with E-state index in [0.29, 0.717) is 0 Å². The van der Waals surface area contributed by atoms with Crippen molar-refractivity contribution in [1.82, 2.24) is 0 Å². The third kappa shape index (κ3) is 2.99. The van der Waals surface area contributed by atoms with E-state index in [-0.39, 0.29) is 22.7 Å². The van der Waals surface area contributed by atoms with Gasteiger partial charge in [-0.3, -0.25) is 0 Å². The minimum Gasteiger partial charge on any atom is -0.205 e. The summed E-state index contributed by atoms with van der Waals surface area (Å²) in [4.78, 5) is 0. The quantitative estimate of drug-likeness (QED) is 0.129. The Hall–Kier alpha value is -2.88. The molecule has 5 aromatic rings. The molecular weight excluding hydrogens is 570 g/mol. The molecule has 0 spiro atoms. The summed E-state index contributed by atoms with van der Waals surface area (Å²) in [7, 11) is 0. The Kier molecular flexibility index (Phi) is 5.05. The molecule has 0 atom stereocenters. The lowest BCUT2D eigenvalue weighted by molar-refractivity contribution is -0.143. The molecule has 0 radical (unpaired) electrons. The highest BCUT2D eigenvalue weighted by atomic mass is 32.1. The highest BCUT2D eigenvalue weighted by molar-refractivity contribution is 7.27. The fourth-order valence-electron chi connectivity index (χ4n) is 3.90. The van der Waals surface area contributed by atoms with Gasteiger partial charge in [0.15, 0.2) is 46.5 Å². The van der Waals surface area contributed by atoms with E-state index in [4.69, 9.17) is 0 Å². The molecule has 190 valence electrons. The van der Waals surface area contributed by atoms with Crippen molar-refractivity contribution in [3.8, 4) is 0 Å². The molecule has 0 saturated heterocycles. The summed E-state index contributed by atoms with van der Waals surface area (Å²) in [5, 5.41) is -5.60. The molecule has 0 nitrogen and oxygen atoms in total. The van der Waals surface area contributed by atoms with Crippen molar-refractivity contribution in [1.29, 1.82) is 0 Å². The highest BCUT2D eigenvalue weighted by Gasteiger charge is 2.44. The second kappa shape index (κ2) is 7.34. The fourth-order valence-corrected chi connectivity index (χ4v) is 6.25. The van der Waals surface area contributed by atoms with Gasteiger partial charge in [0.25, 0.3) is 0 Å². The lowest BCUT2D eigenvalue weighted by atomic mass is 10.0. The van der Waals surface area contributed by atoms with Gasteiger partial charge < -0.3 is 0 Å². The molecular formula is C20F14S2. The molecule has 36 heavy (non-hydrogen) atoms. The summed E-state index contributed by atoms with van der Waals surface area (Å²) in [6, 6.07) is 0. The van der Waals surface area contributed by atoms with Crippen LogP contribution in [0.5, 0.6) is 0 Å². The van der Waals surface area contributed by atoms with Crippen LogP contribution in [0.15, 0.2) is 0 Å². The van der Waals surface area contributed by atoms with E-state index >= 15 is 8.78 Å². The van der Waals surface area contributed by atoms with Crippen LogP contribution in [0.2, 0.25) is 0 Å². The molecule has 0 aliphatic carbocycles. The average Bonchev–Trinajstić information content (AvgIpc) is 3.34. The van der Waals surface area contributed by atoms with Crippen LogP contribution in [0.4, 0.5) is 61.5 Å². The van der Waals surface area contributed by atoms with Crippen LogP contribution in [0.1, 0.15) is 11.1 Å². The van der Waals surface area contributed by atoms with Crippen LogP contribution >= 0.6 is 22.7 Å². The number of alkyl halides is 6. The van der Waals surface area contributed by atoms with Crippen molar-refractivity contribution in [3.05, 3.63) is 57.7 Å². The summed E-state index contributed by atoms with van der Waals surface area (Å²) < 4.78 is 190. The van der Waals surface area contributed by atoms with Gasteiger partial charge in [0.2, 0.25) is 0 Å². The number of halogens is 14. The topological polar surface area (TPSA) is 0 Å². The van der Waals surface area contributed by atoms with Crippen LogP contribution in [-0.4, -0.2) is 0 Å². The van der Waals surface area contributed by atoms with Crippen molar-refractivity contribution in [2.45, 2.75) is 12.4 Å².